The fourth-order valence-corrected chi connectivity index (χ4v) is 1.21. The summed E-state index contributed by atoms with van der Waals surface area (Å²) in [5.41, 5.74) is 0.649. The van der Waals surface area contributed by atoms with Gasteiger partial charge in [0.2, 0.25) is 5.88 Å². The van der Waals surface area contributed by atoms with Gasteiger partial charge in [-0.05, 0) is 6.07 Å². The van der Waals surface area contributed by atoms with Gasteiger partial charge in [-0.15, -0.1) is 0 Å². The second-order valence-corrected chi connectivity index (χ2v) is 2.91. The van der Waals surface area contributed by atoms with E-state index in [1.807, 2.05) is 0 Å². The van der Waals surface area contributed by atoms with E-state index in [1.54, 1.807) is 0 Å². The highest BCUT2D eigenvalue weighted by Gasteiger charge is 2.19. The van der Waals surface area contributed by atoms with Crippen molar-refractivity contribution < 1.29 is 19.1 Å². The molecule has 2 heterocycles. The summed E-state index contributed by atoms with van der Waals surface area (Å²) < 4.78 is 9.55. The molecule has 1 aromatic heterocycles. The molecule has 1 amide bonds. The van der Waals surface area contributed by atoms with Crippen molar-refractivity contribution >= 4 is 17.6 Å². The summed E-state index contributed by atoms with van der Waals surface area (Å²) in [6, 6.07) is 1.46. The third-order valence-electron chi connectivity index (χ3n) is 1.89. The smallest absolute Gasteiger partial charge is 0.339 e. The van der Waals surface area contributed by atoms with Crippen LogP contribution in [-0.4, -0.2) is 30.6 Å². The first-order chi connectivity index (χ1) is 7.20. The highest BCUT2D eigenvalue weighted by Crippen LogP contribution is 2.25. The number of hydrogen-bond donors (Lipinski definition) is 1. The number of amides is 1. The molecule has 1 aromatic rings. The van der Waals surface area contributed by atoms with Crippen LogP contribution in [0.1, 0.15) is 10.4 Å². The van der Waals surface area contributed by atoms with E-state index in [1.165, 1.54) is 19.4 Å². The number of nitrogens with zero attached hydrogens (tertiary/aromatic N) is 1. The molecule has 6 heteroatoms. The van der Waals surface area contributed by atoms with Crippen molar-refractivity contribution in [3.63, 3.8) is 0 Å². The summed E-state index contributed by atoms with van der Waals surface area (Å²) in [5.74, 6) is -0.473. The van der Waals surface area contributed by atoms with E-state index in [2.05, 4.69) is 15.0 Å². The number of nitrogens with one attached hydrogen (secondary N) is 1. The molecule has 0 saturated carbocycles. The van der Waals surface area contributed by atoms with Crippen LogP contribution in [0.4, 0.5) is 5.69 Å². The number of carbonyl (C=O) groups excluding carboxylic acids is 2. The summed E-state index contributed by atoms with van der Waals surface area (Å²) >= 11 is 0. The van der Waals surface area contributed by atoms with Gasteiger partial charge in [0.1, 0.15) is 5.69 Å². The zero-order valence-electron chi connectivity index (χ0n) is 7.94. The lowest BCUT2D eigenvalue weighted by atomic mass is 10.2. The number of ether oxygens (including phenoxy) is 2. The van der Waals surface area contributed by atoms with E-state index in [9.17, 15) is 9.59 Å². The Morgan fingerprint density at radius 3 is 3.20 bits per heavy atom. The number of methoxy groups -OCH3 is 1. The minimum Gasteiger partial charge on any atom is -0.466 e. The second kappa shape index (κ2) is 3.56. The molecule has 15 heavy (non-hydrogen) atoms. The van der Waals surface area contributed by atoms with E-state index in [0.717, 1.165) is 0 Å². The molecule has 0 bridgehead atoms. The molecule has 0 radical (unpaired) electrons. The zero-order chi connectivity index (χ0) is 10.8. The monoisotopic (exact) mass is 208 g/mol. The van der Waals surface area contributed by atoms with Gasteiger partial charge < -0.3 is 14.8 Å². The van der Waals surface area contributed by atoms with Crippen molar-refractivity contribution in [3.05, 3.63) is 17.8 Å². The van der Waals surface area contributed by atoms with E-state index >= 15 is 0 Å². The summed E-state index contributed by atoms with van der Waals surface area (Å²) in [4.78, 5) is 26.0. The molecule has 78 valence electrons. The van der Waals surface area contributed by atoms with Gasteiger partial charge in [0, 0.05) is 6.20 Å². The van der Waals surface area contributed by atoms with Crippen molar-refractivity contribution in [1.29, 1.82) is 0 Å². The maximum absolute atomic E-state index is 11.2. The van der Waals surface area contributed by atoms with Crippen molar-refractivity contribution in [2.75, 3.05) is 19.0 Å². The van der Waals surface area contributed by atoms with E-state index < -0.39 is 5.97 Å². The molecule has 0 fully saturated rings. The average molecular weight is 208 g/mol. The van der Waals surface area contributed by atoms with Crippen LogP contribution in [-0.2, 0) is 9.53 Å². The van der Waals surface area contributed by atoms with Crippen molar-refractivity contribution in [2.45, 2.75) is 0 Å². The zero-order valence-corrected chi connectivity index (χ0v) is 7.94. The van der Waals surface area contributed by atoms with Gasteiger partial charge in [-0.1, -0.05) is 0 Å². The Kier molecular flexibility index (Phi) is 2.24. The normalized spacial score (nSPS) is 13.5. The molecule has 0 aliphatic carbocycles. The first-order valence-corrected chi connectivity index (χ1v) is 4.21. The molecule has 1 aliphatic rings. The summed E-state index contributed by atoms with van der Waals surface area (Å²) in [5, 5.41) is 2.55. The second-order valence-electron chi connectivity index (χ2n) is 2.91. The number of fused-ring (bicyclic) bond motifs is 1. The molecule has 0 saturated heterocycles. The Labute approximate surface area is 85.2 Å². The molecule has 0 aromatic carbocycles. The van der Waals surface area contributed by atoms with Crippen LogP contribution in [0, 0.1) is 0 Å². The van der Waals surface area contributed by atoms with Crippen molar-refractivity contribution in [3.8, 4) is 5.88 Å². The van der Waals surface area contributed by atoms with E-state index in [0.29, 0.717) is 11.6 Å². The number of carbonyl (C=O) groups is 2. The number of hydrogen-bond acceptors (Lipinski definition) is 5. The van der Waals surface area contributed by atoms with Gasteiger partial charge in [0.25, 0.3) is 5.91 Å². The van der Waals surface area contributed by atoms with Gasteiger partial charge in [-0.2, -0.15) is 0 Å². The van der Waals surface area contributed by atoms with Crippen molar-refractivity contribution in [2.24, 2.45) is 0 Å². The van der Waals surface area contributed by atoms with Crippen LogP contribution in [0.15, 0.2) is 12.3 Å². The highest BCUT2D eigenvalue weighted by molar-refractivity contribution is 5.97. The predicted octanol–water partition coefficient (Wildman–Crippen LogP) is 0.199. The van der Waals surface area contributed by atoms with Gasteiger partial charge in [0.15, 0.2) is 6.61 Å². The Bertz CT molecular complexity index is 430. The van der Waals surface area contributed by atoms with Crippen LogP contribution in [0.2, 0.25) is 0 Å². The maximum atomic E-state index is 11.2. The van der Waals surface area contributed by atoms with Crippen LogP contribution in [0.25, 0.3) is 0 Å². The fourth-order valence-electron chi connectivity index (χ4n) is 1.21. The van der Waals surface area contributed by atoms with E-state index in [4.69, 9.17) is 4.74 Å². The molecular formula is C9H8N2O4. The quantitative estimate of drug-likeness (QED) is 0.667. The summed E-state index contributed by atoms with van der Waals surface area (Å²) in [7, 11) is 1.27. The van der Waals surface area contributed by atoms with E-state index in [-0.39, 0.29) is 18.1 Å². The Morgan fingerprint density at radius 1 is 1.67 bits per heavy atom. The fraction of sp³-hybridized carbons (Fsp3) is 0.222. The van der Waals surface area contributed by atoms with Crippen molar-refractivity contribution in [1.82, 2.24) is 4.98 Å². The molecule has 2 rings (SSSR count). The van der Waals surface area contributed by atoms with Gasteiger partial charge >= 0.3 is 5.97 Å². The lowest BCUT2D eigenvalue weighted by Gasteiger charge is -2.16. The van der Waals surface area contributed by atoms with Crippen LogP contribution >= 0.6 is 0 Å². The molecule has 1 N–H and O–H groups in total. The lowest BCUT2D eigenvalue weighted by molar-refractivity contribution is -0.118. The van der Waals surface area contributed by atoms with Crippen LogP contribution in [0.3, 0.4) is 0 Å². The number of anilines is 1. The minimum atomic E-state index is -0.509. The summed E-state index contributed by atoms with van der Waals surface area (Å²) in [6.07, 6.45) is 1.34. The first kappa shape index (κ1) is 9.45. The van der Waals surface area contributed by atoms with Crippen LogP contribution < -0.4 is 10.1 Å². The number of pyridine rings is 1. The molecule has 0 spiro atoms. The minimum absolute atomic E-state index is 0.0580. The first-order valence-electron chi connectivity index (χ1n) is 4.21. The third-order valence-corrected chi connectivity index (χ3v) is 1.89. The number of aromatic nitrogens is 1. The Hall–Kier alpha value is -2.11. The molecule has 1 aliphatic heterocycles. The molecule has 0 unspecified atom stereocenters. The predicted molar refractivity (Wildman–Crippen MR) is 49.7 cm³/mol. The topological polar surface area (TPSA) is 77.5 Å². The number of rotatable bonds is 1. The molecular weight excluding hydrogens is 200 g/mol. The standard InChI is InChI=1S/C9H8N2O4/c1-14-9(13)5-2-6-8(10-3-5)15-4-7(12)11-6/h2-3H,4H2,1H3,(H,11,12). The Balaban J connectivity index is 2.36. The largest absolute Gasteiger partial charge is 0.466 e. The van der Waals surface area contributed by atoms with Gasteiger partial charge in [-0.25, -0.2) is 9.78 Å². The van der Waals surface area contributed by atoms with Gasteiger partial charge in [-0.3, -0.25) is 4.79 Å². The third kappa shape index (κ3) is 1.74. The highest BCUT2D eigenvalue weighted by atomic mass is 16.5. The number of esters is 1. The SMILES string of the molecule is COC(=O)c1cnc2c(c1)NC(=O)CO2. The van der Waals surface area contributed by atoms with Crippen LogP contribution in [0.5, 0.6) is 5.88 Å². The van der Waals surface area contributed by atoms with Gasteiger partial charge in [0.05, 0.1) is 12.7 Å². The Morgan fingerprint density at radius 2 is 2.47 bits per heavy atom. The molecule has 6 nitrogen and oxygen atoms in total. The summed E-state index contributed by atoms with van der Waals surface area (Å²) in [6.45, 7) is -0.0580. The molecule has 0 atom stereocenters. The average Bonchev–Trinajstić information content (AvgIpc) is 2.27. The lowest BCUT2D eigenvalue weighted by Crippen LogP contribution is -2.26. The maximum Gasteiger partial charge on any atom is 0.339 e.